The van der Waals surface area contributed by atoms with Crippen molar-refractivity contribution >= 4 is 6.03 Å². The second-order valence-corrected chi connectivity index (χ2v) is 3.35. The van der Waals surface area contributed by atoms with Crippen molar-refractivity contribution in [1.82, 2.24) is 9.88 Å². The van der Waals surface area contributed by atoms with E-state index in [1.54, 1.807) is 6.20 Å². The summed E-state index contributed by atoms with van der Waals surface area (Å²) in [6.07, 6.45) is 6.27. The predicted molar refractivity (Wildman–Crippen MR) is 47.7 cm³/mol. The van der Waals surface area contributed by atoms with Crippen LogP contribution in [0.2, 0.25) is 0 Å². The molecule has 0 aliphatic heterocycles. The van der Waals surface area contributed by atoms with Crippen molar-refractivity contribution in [2.24, 2.45) is 0 Å². The molecule has 1 aliphatic rings. The van der Waals surface area contributed by atoms with Gasteiger partial charge < -0.3 is 10.4 Å². The molecule has 13 heavy (non-hydrogen) atoms. The van der Waals surface area contributed by atoms with Gasteiger partial charge in [-0.1, -0.05) is 0 Å². The van der Waals surface area contributed by atoms with Crippen LogP contribution in [-0.2, 0) is 0 Å². The van der Waals surface area contributed by atoms with Gasteiger partial charge in [-0.2, -0.15) is 0 Å². The molecule has 1 saturated carbocycles. The first kappa shape index (κ1) is 8.16. The van der Waals surface area contributed by atoms with E-state index in [1.165, 1.54) is 23.3 Å². The lowest BCUT2D eigenvalue weighted by molar-refractivity contribution is 0.230. The van der Waals surface area contributed by atoms with E-state index in [0.29, 0.717) is 6.04 Å². The van der Waals surface area contributed by atoms with Crippen molar-refractivity contribution in [3.63, 3.8) is 0 Å². The number of hydrogen-bond acceptors (Lipinski definition) is 2. The Labute approximate surface area is 76.2 Å². The first-order chi connectivity index (χ1) is 6.25. The number of hydrogen-bond donors (Lipinski definition) is 2. The SMILES string of the molecule is O=C(NC1CCC1)n1ccc(O)c1. The molecule has 1 aromatic rings. The number of carbonyl (C=O) groups excluding carboxylic acids is 1. The van der Waals surface area contributed by atoms with Crippen molar-refractivity contribution in [2.45, 2.75) is 25.3 Å². The lowest BCUT2D eigenvalue weighted by atomic mass is 9.93. The molecule has 0 bridgehead atoms. The summed E-state index contributed by atoms with van der Waals surface area (Å²) >= 11 is 0. The zero-order valence-electron chi connectivity index (χ0n) is 7.23. The number of carbonyl (C=O) groups is 1. The standard InChI is InChI=1S/C9H12N2O2/c12-8-4-5-11(6-8)9(13)10-7-2-1-3-7/h4-7,12H,1-3H2,(H,10,13). The van der Waals surface area contributed by atoms with Gasteiger partial charge in [0.1, 0.15) is 5.75 Å². The zero-order valence-corrected chi connectivity index (χ0v) is 7.23. The molecule has 4 nitrogen and oxygen atoms in total. The van der Waals surface area contributed by atoms with Crippen molar-refractivity contribution in [3.8, 4) is 5.75 Å². The smallest absolute Gasteiger partial charge is 0.325 e. The van der Waals surface area contributed by atoms with E-state index >= 15 is 0 Å². The molecule has 4 heteroatoms. The minimum Gasteiger partial charge on any atom is -0.506 e. The van der Waals surface area contributed by atoms with Crippen LogP contribution in [-0.4, -0.2) is 21.7 Å². The van der Waals surface area contributed by atoms with Gasteiger partial charge in [-0.3, -0.25) is 4.57 Å². The molecule has 0 unspecified atom stereocenters. The third-order valence-corrected chi connectivity index (χ3v) is 2.34. The van der Waals surface area contributed by atoms with Crippen LogP contribution in [0.5, 0.6) is 5.75 Å². The maximum absolute atomic E-state index is 11.4. The van der Waals surface area contributed by atoms with Crippen LogP contribution in [0, 0.1) is 0 Å². The van der Waals surface area contributed by atoms with Gasteiger partial charge in [0.25, 0.3) is 0 Å². The highest BCUT2D eigenvalue weighted by atomic mass is 16.3. The molecular formula is C9H12N2O2. The Morgan fingerprint density at radius 3 is 2.85 bits per heavy atom. The number of aromatic hydroxyl groups is 1. The largest absolute Gasteiger partial charge is 0.506 e. The molecule has 1 aromatic heterocycles. The van der Waals surface area contributed by atoms with Gasteiger partial charge >= 0.3 is 6.03 Å². The Hall–Kier alpha value is -1.45. The van der Waals surface area contributed by atoms with E-state index in [4.69, 9.17) is 5.11 Å². The maximum Gasteiger partial charge on any atom is 0.325 e. The summed E-state index contributed by atoms with van der Waals surface area (Å²) in [6, 6.07) is 1.66. The summed E-state index contributed by atoms with van der Waals surface area (Å²) in [7, 11) is 0. The van der Waals surface area contributed by atoms with Crippen LogP contribution in [0.15, 0.2) is 18.5 Å². The van der Waals surface area contributed by atoms with E-state index in [9.17, 15) is 4.79 Å². The highest BCUT2D eigenvalue weighted by Gasteiger charge is 2.19. The topological polar surface area (TPSA) is 54.3 Å². The average Bonchev–Trinajstić information content (AvgIpc) is 2.44. The fourth-order valence-corrected chi connectivity index (χ4v) is 1.31. The van der Waals surface area contributed by atoms with E-state index in [0.717, 1.165) is 12.8 Å². The summed E-state index contributed by atoms with van der Waals surface area (Å²) in [5.74, 6) is 0.115. The fraction of sp³-hybridized carbons (Fsp3) is 0.444. The Morgan fingerprint density at radius 1 is 1.62 bits per heavy atom. The van der Waals surface area contributed by atoms with Gasteiger partial charge in [0, 0.05) is 12.2 Å². The molecule has 70 valence electrons. The zero-order chi connectivity index (χ0) is 9.26. The van der Waals surface area contributed by atoms with Gasteiger partial charge in [0.05, 0.1) is 6.20 Å². The normalized spacial score (nSPS) is 16.6. The monoisotopic (exact) mass is 180 g/mol. The maximum atomic E-state index is 11.4. The summed E-state index contributed by atoms with van der Waals surface area (Å²) in [5.41, 5.74) is 0. The summed E-state index contributed by atoms with van der Waals surface area (Å²) < 4.78 is 1.35. The first-order valence-corrected chi connectivity index (χ1v) is 4.43. The van der Waals surface area contributed by atoms with E-state index in [2.05, 4.69) is 5.32 Å². The highest BCUT2D eigenvalue weighted by Crippen LogP contribution is 2.18. The summed E-state index contributed by atoms with van der Waals surface area (Å²) in [5, 5.41) is 11.9. The molecule has 0 radical (unpaired) electrons. The van der Waals surface area contributed by atoms with Crippen molar-refractivity contribution < 1.29 is 9.90 Å². The second kappa shape index (κ2) is 3.12. The molecule has 2 N–H and O–H groups in total. The Kier molecular flexibility index (Phi) is 1.96. The molecule has 1 fully saturated rings. The van der Waals surface area contributed by atoms with Gasteiger partial charge in [0.15, 0.2) is 0 Å². The number of rotatable bonds is 1. The van der Waals surface area contributed by atoms with Crippen LogP contribution in [0.3, 0.4) is 0 Å². The third-order valence-electron chi connectivity index (χ3n) is 2.34. The van der Waals surface area contributed by atoms with E-state index < -0.39 is 0 Å². The fourth-order valence-electron chi connectivity index (χ4n) is 1.31. The second-order valence-electron chi connectivity index (χ2n) is 3.35. The molecule has 0 spiro atoms. The van der Waals surface area contributed by atoms with Gasteiger partial charge in [-0.15, -0.1) is 0 Å². The average molecular weight is 180 g/mol. The molecule has 0 saturated heterocycles. The molecule has 0 aromatic carbocycles. The highest BCUT2D eigenvalue weighted by molar-refractivity contribution is 5.77. The molecule has 1 heterocycles. The van der Waals surface area contributed by atoms with Crippen LogP contribution in [0.4, 0.5) is 4.79 Å². The first-order valence-electron chi connectivity index (χ1n) is 4.43. The lowest BCUT2D eigenvalue weighted by Crippen LogP contribution is -2.41. The van der Waals surface area contributed by atoms with Crippen LogP contribution < -0.4 is 5.32 Å². The van der Waals surface area contributed by atoms with E-state index in [1.807, 2.05) is 0 Å². The van der Waals surface area contributed by atoms with Crippen molar-refractivity contribution in [2.75, 3.05) is 0 Å². The van der Waals surface area contributed by atoms with Crippen LogP contribution in [0.25, 0.3) is 0 Å². The Balaban J connectivity index is 1.96. The Morgan fingerprint density at radius 2 is 2.38 bits per heavy atom. The van der Waals surface area contributed by atoms with E-state index in [-0.39, 0.29) is 11.8 Å². The minimum atomic E-state index is -0.162. The number of amides is 1. The van der Waals surface area contributed by atoms with Crippen molar-refractivity contribution in [1.29, 1.82) is 0 Å². The number of aromatic nitrogens is 1. The van der Waals surface area contributed by atoms with Gasteiger partial charge in [-0.05, 0) is 25.3 Å². The van der Waals surface area contributed by atoms with Crippen LogP contribution >= 0.6 is 0 Å². The van der Waals surface area contributed by atoms with Gasteiger partial charge in [0.2, 0.25) is 0 Å². The quantitative estimate of drug-likeness (QED) is 0.684. The number of nitrogens with one attached hydrogen (secondary N) is 1. The van der Waals surface area contributed by atoms with Crippen molar-refractivity contribution in [3.05, 3.63) is 18.5 Å². The summed E-state index contributed by atoms with van der Waals surface area (Å²) in [4.78, 5) is 11.4. The molecule has 2 rings (SSSR count). The molecule has 1 amide bonds. The van der Waals surface area contributed by atoms with Gasteiger partial charge in [-0.25, -0.2) is 4.79 Å². The molecule has 1 aliphatic carbocycles. The molecule has 0 atom stereocenters. The van der Waals surface area contributed by atoms with Crippen LogP contribution in [0.1, 0.15) is 19.3 Å². The summed E-state index contributed by atoms with van der Waals surface area (Å²) in [6.45, 7) is 0. The minimum absolute atomic E-state index is 0.115. The molecular weight excluding hydrogens is 168 g/mol. The third kappa shape index (κ3) is 1.66. The Bertz CT molecular complexity index is 315. The lowest BCUT2D eigenvalue weighted by Gasteiger charge is -2.26. The predicted octanol–water partition coefficient (Wildman–Crippen LogP) is 1.30. The number of nitrogens with zero attached hydrogens (tertiary/aromatic N) is 1.